The summed E-state index contributed by atoms with van der Waals surface area (Å²) in [6.45, 7) is 22.6. The van der Waals surface area contributed by atoms with Crippen molar-refractivity contribution in [2.75, 3.05) is 0 Å². The zero-order chi connectivity index (χ0) is 16.9. The number of ether oxygens (including phenoxy) is 1. The van der Waals surface area contributed by atoms with Crippen molar-refractivity contribution in [2.45, 2.75) is 80.4 Å². The van der Waals surface area contributed by atoms with Crippen LogP contribution in [0.5, 0.6) is 0 Å². The van der Waals surface area contributed by atoms with Crippen LogP contribution in [0.4, 0.5) is 0 Å². The van der Waals surface area contributed by atoms with Gasteiger partial charge in [-0.25, -0.2) is 6.61 Å². The molecule has 0 aliphatic carbocycles. The fourth-order valence-corrected chi connectivity index (χ4v) is 3.67. The molecule has 0 aromatic carbocycles. The van der Waals surface area contributed by atoms with E-state index in [4.69, 9.17) is 4.74 Å². The average Bonchev–Trinajstić information content (AvgIpc) is 2.51. The SMILES string of the molecule is CCC1N[CH-]C(C)C(C)C1C.CCC1O[CH-]C(C)C(C)C1C.[W].[W]. The Bertz CT molecular complexity index is 282. The van der Waals surface area contributed by atoms with Crippen molar-refractivity contribution in [3.05, 3.63) is 13.2 Å². The van der Waals surface area contributed by atoms with E-state index in [2.05, 4.69) is 67.3 Å². The summed E-state index contributed by atoms with van der Waals surface area (Å²) in [4.78, 5) is 0. The molecule has 0 bridgehead atoms. The van der Waals surface area contributed by atoms with Crippen molar-refractivity contribution in [3.8, 4) is 0 Å². The van der Waals surface area contributed by atoms with Crippen LogP contribution in [0.15, 0.2) is 0 Å². The maximum absolute atomic E-state index is 5.60. The number of nitrogens with one attached hydrogen (secondary N) is 1. The van der Waals surface area contributed by atoms with Gasteiger partial charge in [-0.15, -0.1) is 5.92 Å². The smallest absolute Gasteiger partial charge is 0.0256 e. The third kappa shape index (κ3) is 7.50. The molecule has 2 aliphatic heterocycles. The van der Waals surface area contributed by atoms with E-state index in [1.807, 2.05) is 6.61 Å². The molecular weight excluding hydrogens is 638 g/mol. The van der Waals surface area contributed by atoms with E-state index in [0.717, 1.165) is 30.1 Å². The van der Waals surface area contributed by atoms with Gasteiger partial charge in [-0.1, -0.05) is 67.2 Å². The molecule has 8 unspecified atom stereocenters. The largest absolute Gasteiger partial charge is 0.549 e. The zero-order valence-corrected chi connectivity index (χ0v) is 22.8. The molecule has 4 heteroatoms. The summed E-state index contributed by atoms with van der Waals surface area (Å²) < 4.78 is 5.60. The Morgan fingerprint density at radius 2 is 1.29 bits per heavy atom. The van der Waals surface area contributed by atoms with E-state index < -0.39 is 0 Å². The predicted molar refractivity (Wildman–Crippen MR) is 96.0 cm³/mol. The van der Waals surface area contributed by atoms with Crippen LogP contribution in [-0.4, -0.2) is 12.1 Å². The number of rotatable bonds is 2. The second-order valence-electron chi connectivity index (χ2n) is 7.72. The first kappa shape index (κ1) is 27.5. The molecule has 2 aliphatic rings. The summed E-state index contributed by atoms with van der Waals surface area (Å²) in [6, 6.07) is 0.709. The molecule has 2 nitrogen and oxygen atoms in total. The van der Waals surface area contributed by atoms with Crippen LogP contribution in [0.2, 0.25) is 0 Å². The molecule has 2 fully saturated rings. The molecule has 0 radical (unpaired) electrons. The number of piperidine rings is 1. The third-order valence-electron chi connectivity index (χ3n) is 6.42. The van der Waals surface area contributed by atoms with Gasteiger partial charge in [-0.2, -0.15) is 5.92 Å². The van der Waals surface area contributed by atoms with Gasteiger partial charge in [0.25, 0.3) is 0 Å². The Balaban J connectivity index is 0. The molecule has 8 atom stereocenters. The van der Waals surface area contributed by atoms with Crippen LogP contribution in [0.25, 0.3) is 0 Å². The maximum Gasteiger partial charge on any atom is 0.0256 e. The first-order valence-corrected chi connectivity index (χ1v) is 9.41. The molecule has 0 spiro atoms. The van der Waals surface area contributed by atoms with E-state index >= 15 is 0 Å². The van der Waals surface area contributed by atoms with Crippen LogP contribution in [0, 0.1) is 48.7 Å². The molecule has 0 aromatic heterocycles. The average molecular weight is 677 g/mol. The second kappa shape index (κ2) is 13.5. The molecular formula is C20H39NOW2-2. The van der Waals surface area contributed by atoms with Crippen LogP contribution < -0.4 is 5.32 Å². The summed E-state index contributed by atoms with van der Waals surface area (Å²) >= 11 is 0. The second-order valence-corrected chi connectivity index (χ2v) is 7.72. The Kier molecular flexibility index (Phi) is 15.4. The van der Waals surface area contributed by atoms with Crippen LogP contribution in [0.3, 0.4) is 0 Å². The van der Waals surface area contributed by atoms with Gasteiger partial charge in [-0.3, -0.25) is 6.54 Å². The Morgan fingerprint density at radius 1 is 0.750 bits per heavy atom. The summed E-state index contributed by atoms with van der Waals surface area (Å²) in [5, 5.41) is 3.47. The molecule has 2 rings (SSSR count). The fraction of sp³-hybridized carbons (Fsp3) is 0.900. The van der Waals surface area contributed by atoms with Crippen molar-refractivity contribution in [2.24, 2.45) is 35.5 Å². The molecule has 144 valence electrons. The van der Waals surface area contributed by atoms with Gasteiger partial charge in [0.15, 0.2) is 0 Å². The topological polar surface area (TPSA) is 21.3 Å². The third-order valence-corrected chi connectivity index (χ3v) is 6.42. The molecule has 0 aromatic rings. The van der Waals surface area contributed by atoms with E-state index in [9.17, 15) is 0 Å². The molecule has 2 heterocycles. The van der Waals surface area contributed by atoms with Gasteiger partial charge >= 0.3 is 0 Å². The Morgan fingerprint density at radius 3 is 1.79 bits per heavy atom. The Hall–Kier alpha value is 1.30. The van der Waals surface area contributed by atoms with Crippen molar-refractivity contribution in [1.29, 1.82) is 0 Å². The van der Waals surface area contributed by atoms with Gasteiger partial charge in [0.2, 0.25) is 0 Å². The molecule has 2 saturated heterocycles. The number of hydrogen-bond donors (Lipinski definition) is 1. The van der Waals surface area contributed by atoms with Crippen LogP contribution in [-0.2, 0) is 46.9 Å². The zero-order valence-electron chi connectivity index (χ0n) is 16.9. The first-order chi connectivity index (χ1) is 10.3. The van der Waals surface area contributed by atoms with E-state index in [1.54, 1.807) is 0 Å². The summed E-state index contributed by atoms with van der Waals surface area (Å²) in [7, 11) is 0. The van der Waals surface area contributed by atoms with Gasteiger partial charge in [0.1, 0.15) is 0 Å². The molecule has 0 amide bonds. The van der Waals surface area contributed by atoms with E-state index in [-0.39, 0.29) is 42.1 Å². The quantitative estimate of drug-likeness (QED) is 0.401. The minimum Gasteiger partial charge on any atom is -0.549 e. The van der Waals surface area contributed by atoms with Crippen molar-refractivity contribution in [1.82, 2.24) is 5.32 Å². The molecule has 1 N–H and O–H groups in total. The van der Waals surface area contributed by atoms with Gasteiger partial charge in [0.05, 0.1) is 0 Å². The normalized spacial score (nSPS) is 42.0. The summed E-state index contributed by atoms with van der Waals surface area (Å²) in [5.74, 6) is 4.48. The van der Waals surface area contributed by atoms with Crippen molar-refractivity contribution in [3.63, 3.8) is 0 Å². The van der Waals surface area contributed by atoms with Crippen LogP contribution >= 0.6 is 0 Å². The summed E-state index contributed by atoms with van der Waals surface area (Å²) in [6.07, 6.45) is 2.84. The first-order valence-electron chi connectivity index (χ1n) is 9.41. The minimum atomic E-state index is 0. The van der Waals surface area contributed by atoms with Gasteiger partial charge in [0, 0.05) is 48.2 Å². The maximum atomic E-state index is 5.60. The summed E-state index contributed by atoms with van der Waals surface area (Å²) in [5.41, 5.74) is 0. The Labute approximate surface area is 180 Å². The standard InChI is InChI=1S/C10H20N.C10H19O.2W/c2*1-5-10-9(4)8(3)7(2)6-11-10;;/h6-11H,5H2,1-4H3;6-10H,5H2,1-4H3;;/q2*-1;;. The van der Waals surface area contributed by atoms with E-state index in [1.165, 1.54) is 6.42 Å². The monoisotopic (exact) mass is 677 g/mol. The van der Waals surface area contributed by atoms with Gasteiger partial charge < -0.3 is 10.1 Å². The van der Waals surface area contributed by atoms with Crippen molar-refractivity contribution < 1.29 is 46.9 Å². The molecule has 24 heavy (non-hydrogen) atoms. The van der Waals surface area contributed by atoms with E-state index in [0.29, 0.717) is 24.0 Å². The van der Waals surface area contributed by atoms with Crippen LogP contribution in [0.1, 0.15) is 68.2 Å². The molecule has 0 saturated carbocycles. The fourth-order valence-electron chi connectivity index (χ4n) is 3.67. The predicted octanol–water partition coefficient (Wildman–Crippen LogP) is 5.30. The van der Waals surface area contributed by atoms with Gasteiger partial charge in [-0.05, 0) is 30.7 Å². The minimum absolute atomic E-state index is 0. The van der Waals surface area contributed by atoms with Crippen molar-refractivity contribution >= 4 is 0 Å². The number of hydrogen-bond acceptors (Lipinski definition) is 2.